The Labute approximate surface area is 109 Å². The molecular weight excluding hydrogens is 224 g/mol. The summed E-state index contributed by atoms with van der Waals surface area (Å²) in [4.78, 5) is 14.5. The molecule has 1 amide bonds. The minimum absolute atomic E-state index is 0.133. The third-order valence-corrected chi connectivity index (χ3v) is 3.65. The van der Waals surface area contributed by atoms with Crippen molar-refractivity contribution >= 4 is 11.6 Å². The van der Waals surface area contributed by atoms with E-state index in [0.717, 1.165) is 38.0 Å². The molecule has 0 aliphatic carbocycles. The summed E-state index contributed by atoms with van der Waals surface area (Å²) >= 11 is 0. The van der Waals surface area contributed by atoms with E-state index in [0.29, 0.717) is 0 Å². The van der Waals surface area contributed by atoms with Crippen LogP contribution in [0.1, 0.15) is 25.3 Å². The van der Waals surface area contributed by atoms with Crippen molar-refractivity contribution in [1.29, 1.82) is 0 Å². The second-order valence-electron chi connectivity index (χ2n) is 5.10. The summed E-state index contributed by atoms with van der Waals surface area (Å²) in [6.45, 7) is 4.09. The molecule has 0 spiro atoms. The van der Waals surface area contributed by atoms with Gasteiger partial charge >= 0.3 is 0 Å². The van der Waals surface area contributed by atoms with Crippen molar-refractivity contribution < 1.29 is 4.79 Å². The van der Waals surface area contributed by atoms with E-state index in [1.54, 1.807) is 0 Å². The van der Waals surface area contributed by atoms with Crippen LogP contribution in [0, 0.1) is 5.92 Å². The van der Waals surface area contributed by atoms with Crippen LogP contribution in [0.2, 0.25) is 0 Å². The van der Waals surface area contributed by atoms with Gasteiger partial charge in [-0.15, -0.1) is 0 Å². The molecule has 0 radical (unpaired) electrons. The number of piperidine rings is 1. The molecule has 3 nitrogen and oxygen atoms in total. The van der Waals surface area contributed by atoms with Crippen LogP contribution in [0.5, 0.6) is 0 Å². The Morgan fingerprint density at radius 1 is 1.44 bits per heavy atom. The van der Waals surface area contributed by atoms with Gasteiger partial charge in [-0.1, -0.05) is 25.1 Å². The lowest BCUT2D eigenvalue weighted by molar-refractivity contribution is -0.121. The molecule has 0 unspecified atom stereocenters. The van der Waals surface area contributed by atoms with Crippen molar-refractivity contribution in [2.45, 2.75) is 26.2 Å². The van der Waals surface area contributed by atoms with Gasteiger partial charge in [0.05, 0.1) is 5.92 Å². The van der Waals surface area contributed by atoms with Crippen LogP contribution in [0.15, 0.2) is 24.3 Å². The Morgan fingerprint density at radius 2 is 2.22 bits per heavy atom. The number of hydrogen-bond acceptors (Lipinski definition) is 2. The topological polar surface area (TPSA) is 32.3 Å². The summed E-state index contributed by atoms with van der Waals surface area (Å²) in [6, 6.07) is 8.05. The maximum absolute atomic E-state index is 12.2. The molecular formula is C15H22N2O. The van der Waals surface area contributed by atoms with Crippen LogP contribution in [0.25, 0.3) is 0 Å². The van der Waals surface area contributed by atoms with E-state index in [1.807, 2.05) is 18.2 Å². The van der Waals surface area contributed by atoms with Gasteiger partial charge < -0.3 is 10.2 Å². The van der Waals surface area contributed by atoms with Gasteiger partial charge in [0.15, 0.2) is 0 Å². The average Bonchev–Trinajstić information content (AvgIpc) is 2.39. The molecule has 0 aromatic heterocycles. The number of anilines is 1. The van der Waals surface area contributed by atoms with Gasteiger partial charge in [-0.05, 0) is 44.5 Å². The molecule has 2 rings (SSSR count). The Morgan fingerprint density at radius 3 is 2.94 bits per heavy atom. The van der Waals surface area contributed by atoms with Gasteiger partial charge in [0.25, 0.3) is 0 Å². The minimum atomic E-state index is 0.133. The minimum Gasteiger partial charge on any atom is -0.326 e. The zero-order valence-electron chi connectivity index (χ0n) is 11.3. The first-order valence-corrected chi connectivity index (χ1v) is 6.78. The van der Waals surface area contributed by atoms with Crippen LogP contribution in [-0.4, -0.2) is 30.9 Å². The first-order chi connectivity index (χ1) is 8.70. The van der Waals surface area contributed by atoms with Crippen molar-refractivity contribution in [1.82, 2.24) is 4.90 Å². The number of likely N-dealkylation sites (tertiary alicyclic amines) is 1. The molecule has 1 saturated heterocycles. The maximum atomic E-state index is 12.2. The Kier molecular flexibility index (Phi) is 4.37. The van der Waals surface area contributed by atoms with Gasteiger partial charge in [-0.25, -0.2) is 0 Å². The van der Waals surface area contributed by atoms with E-state index in [4.69, 9.17) is 0 Å². The summed E-state index contributed by atoms with van der Waals surface area (Å²) < 4.78 is 0. The lowest BCUT2D eigenvalue weighted by Crippen LogP contribution is -2.38. The van der Waals surface area contributed by atoms with Gasteiger partial charge in [0, 0.05) is 12.2 Å². The molecule has 0 saturated carbocycles. The molecule has 18 heavy (non-hydrogen) atoms. The molecule has 1 fully saturated rings. The summed E-state index contributed by atoms with van der Waals surface area (Å²) in [6.07, 6.45) is 3.06. The van der Waals surface area contributed by atoms with E-state index in [1.165, 1.54) is 5.56 Å². The van der Waals surface area contributed by atoms with Crippen LogP contribution in [0.4, 0.5) is 5.69 Å². The van der Waals surface area contributed by atoms with Gasteiger partial charge in [0.1, 0.15) is 0 Å². The van der Waals surface area contributed by atoms with Crippen molar-refractivity contribution in [2.75, 3.05) is 25.5 Å². The highest BCUT2D eigenvalue weighted by atomic mass is 16.1. The fraction of sp³-hybridized carbons (Fsp3) is 0.533. The van der Waals surface area contributed by atoms with Crippen molar-refractivity contribution in [3.05, 3.63) is 29.8 Å². The summed E-state index contributed by atoms with van der Waals surface area (Å²) in [5, 5.41) is 3.09. The number of hydrogen-bond donors (Lipinski definition) is 1. The standard InChI is InChI=1S/C15H22N2O/c1-3-12-7-4-5-9-14(12)16-15(18)13-8-6-10-17(2)11-13/h4-5,7,9,13H,3,6,8,10-11H2,1-2H3,(H,16,18)/t13-/m1/s1. The highest BCUT2D eigenvalue weighted by Gasteiger charge is 2.24. The van der Waals surface area contributed by atoms with Gasteiger partial charge in [-0.3, -0.25) is 4.79 Å². The normalized spacial score (nSPS) is 20.7. The zero-order valence-corrected chi connectivity index (χ0v) is 11.3. The number of para-hydroxylation sites is 1. The fourth-order valence-electron chi connectivity index (χ4n) is 2.57. The molecule has 1 aromatic carbocycles. The molecule has 0 bridgehead atoms. The SMILES string of the molecule is CCc1ccccc1NC(=O)[C@@H]1CCCN(C)C1. The second-order valence-corrected chi connectivity index (χ2v) is 5.10. The van der Waals surface area contributed by atoms with Gasteiger partial charge in [-0.2, -0.15) is 0 Å². The predicted octanol–water partition coefficient (Wildman–Crippen LogP) is 2.53. The lowest BCUT2D eigenvalue weighted by atomic mass is 9.97. The first-order valence-electron chi connectivity index (χ1n) is 6.78. The van der Waals surface area contributed by atoms with Crippen molar-refractivity contribution in [3.8, 4) is 0 Å². The van der Waals surface area contributed by atoms with E-state index >= 15 is 0 Å². The van der Waals surface area contributed by atoms with Crippen LogP contribution >= 0.6 is 0 Å². The zero-order chi connectivity index (χ0) is 13.0. The average molecular weight is 246 g/mol. The number of aryl methyl sites for hydroxylation is 1. The number of nitrogens with one attached hydrogen (secondary N) is 1. The van der Waals surface area contributed by atoms with Crippen LogP contribution in [-0.2, 0) is 11.2 Å². The van der Waals surface area contributed by atoms with Gasteiger partial charge in [0.2, 0.25) is 5.91 Å². The Balaban J connectivity index is 2.02. The number of nitrogens with zero attached hydrogens (tertiary/aromatic N) is 1. The number of amides is 1. The molecule has 1 atom stereocenters. The van der Waals surface area contributed by atoms with Crippen molar-refractivity contribution in [2.24, 2.45) is 5.92 Å². The van der Waals surface area contributed by atoms with Crippen LogP contribution in [0.3, 0.4) is 0 Å². The highest BCUT2D eigenvalue weighted by molar-refractivity contribution is 5.93. The molecule has 98 valence electrons. The molecule has 1 aromatic rings. The monoisotopic (exact) mass is 246 g/mol. The third-order valence-electron chi connectivity index (χ3n) is 3.65. The van der Waals surface area contributed by atoms with E-state index in [-0.39, 0.29) is 11.8 Å². The Bertz CT molecular complexity index is 417. The second kappa shape index (κ2) is 6.01. The first kappa shape index (κ1) is 13.1. The highest BCUT2D eigenvalue weighted by Crippen LogP contribution is 2.20. The molecule has 1 aliphatic heterocycles. The fourth-order valence-corrected chi connectivity index (χ4v) is 2.57. The van der Waals surface area contributed by atoms with Crippen molar-refractivity contribution in [3.63, 3.8) is 0 Å². The van der Waals surface area contributed by atoms with Crippen LogP contribution < -0.4 is 5.32 Å². The molecule has 1 heterocycles. The lowest BCUT2D eigenvalue weighted by Gasteiger charge is -2.28. The summed E-state index contributed by atoms with van der Waals surface area (Å²) in [5.74, 6) is 0.302. The number of carbonyl (C=O) groups excluding carboxylic acids is 1. The Hall–Kier alpha value is -1.35. The molecule has 3 heteroatoms. The predicted molar refractivity (Wildman–Crippen MR) is 74.7 cm³/mol. The smallest absolute Gasteiger partial charge is 0.228 e. The molecule has 1 aliphatic rings. The van der Waals surface area contributed by atoms with E-state index in [9.17, 15) is 4.79 Å². The number of benzene rings is 1. The quantitative estimate of drug-likeness (QED) is 0.889. The summed E-state index contributed by atoms with van der Waals surface area (Å²) in [7, 11) is 2.08. The third kappa shape index (κ3) is 3.10. The van der Waals surface area contributed by atoms with E-state index < -0.39 is 0 Å². The largest absolute Gasteiger partial charge is 0.326 e. The summed E-state index contributed by atoms with van der Waals surface area (Å²) in [5.41, 5.74) is 2.17. The molecule has 1 N–H and O–H groups in total. The number of carbonyl (C=O) groups is 1. The number of rotatable bonds is 3. The maximum Gasteiger partial charge on any atom is 0.228 e. The van der Waals surface area contributed by atoms with E-state index in [2.05, 4.69) is 30.3 Å².